The molecule has 0 N–H and O–H groups in total. The minimum absolute atomic E-state index is 0.198. The molecule has 0 bridgehead atoms. The third kappa shape index (κ3) is 1.69. The Labute approximate surface area is 86.1 Å². The number of nitrogens with zero attached hydrogens (tertiary/aromatic N) is 1. The van der Waals surface area contributed by atoms with Crippen molar-refractivity contribution in [2.24, 2.45) is 0 Å². The van der Waals surface area contributed by atoms with Crippen LogP contribution in [0.2, 0.25) is 5.15 Å². The van der Waals surface area contributed by atoms with Gasteiger partial charge in [-0.05, 0) is 18.2 Å². The van der Waals surface area contributed by atoms with E-state index in [1.807, 2.05) is 0 Å². The van der Waals surface area contributed by atoms with Gasteiger partial charge in [0.15, 0.2) is 0 Å². The van der Waals surface area contributed by atoms with Gasteiger partial charge in [-0.15, -0.1) is 11.3 Å². The Balaban J connectivity index is 2.63. The third-order valence-electron chi connectivity index (χ3n) is 1.62. The molecule has 1 nitrogen and oxygen atoms in total. The summed E-state index contributed by atoms with van der Waals surface area (Å²) in [6, 6.07) is 4.01. The van der Waals surface area contributed by atoms with Gasteiger partial charge in [0.1, 0.15) is 10.0 Å². The number of fused-ring (bicyclic) bond motifs is 1. The number of hydrogen-bond donors (Lipinski definition) is 0. The third-order valence-corrected chi connectivity index (χ3v) is 2.96. The lowest BCUT2D eigenvalue weighted by Crippen LogP contribution is -2.00. The molecule has 0 radical (unpaired) electrons. The quantitative estimate of drug-likeness (QED) is 0.632. The molecular formula is C8H3ClF3NS. The van der Waals surface area contributed by atoms with E-state index >= 15 is 0 Å². The summed E-state index contributed by atoms with van der Waals surface area (Å²) in [7, 11) is 0. The molecule has 6 heteroatoms. The molecule has 0 spiro atoms. The predicted octanol–water partition coefficient (Wildman–Crippen LogP) is 3.97. The standard InChI is InChI=1S/C8H3ClF3NS/c9-7-2-1-5-4(13-7)3-6(14-5)8(10,11)12/h1-3H. The van der Waals surface area contributed by atoms with Gasteiger partial charge in [-0.2, -0.15) is 13.2 Å². The molecule has 0 unspecified atom stereocenters. The van der Waals surface area contributed by atoms with Gasteiger partial charge in [0.05, 0.1) is 10.2 Å². The van der Waals surface area contributed by atoms with E-state index in [9.17, 15) is 13.2 Å². The first-order valence-electron chi connectivity index (χ1n) is 3.60. The number of rotatable bonds is 0. The van der Waals surface area contributed by atoms with E-state index in [1.165, 1.54) is 12.1 Å². The van der Waals surface area contributed by atoms with E-state index in [1.54, 1.807) is 0 Å². The van der Waals surface area contributed by atoms with Crippen LogP contribution in [0.1, 0.15) is 4.88 Å². The van der Waals surface area contributed by atoms with Gasteiger partial charge in [0, 0.05) is 0 Å². The summed E-state index contributed by atoms with van der Waals surface area (Å²) in [6.45, 7) is 0. The summed E-state index contributed by atoms with van der Waals surface area (Å²) in [5.41, 5.74) is 0.287. The summed E-state index contributed by atoms with van der Waals surface area (Å²) in [4.78, 5) is 3.13. The summed E-state index contributed by atoms with van der Waals surface area (Å²) >= 11 is 6.22. The monoisotopic (exact) mass is 237 g/mol. The van der Waals surface area contributed by atoms with Gasteiger partial charge in [0.25, 0.3) is 0 Å². The fourth-order valence-electron chi connectivity index (χ4n) is 1.04. The number of hydrogen-bond acceptors (Lipinski definition) is 2. The molecule has 2 heterocycles. The van der Waals surface area contributed by atoms with Crippen LogP contribution in [0.3, 0.4) is 0 Å². The van der Waals surface area contributed by atoms with Crippen molar-refractivity contribution in [1.29, 1.82) is 0 Å². The highest BCUT2D eigenvalue weighted by molar-refractivity contribution is 7.19. The molecule has 0 aromatic carbocycles. The van der Waals surface area contributed by atoms with Gasteiger partial charge >= 0.3 is 6.18 Å². The SMILES string of the molecule is FC(F)(F)c1cc2nc(Cl)ccc2s1. The minimum Gasteiger partial charge on any atom is -0.235 e. The lowest BCUT2D eigenvalue weighted by Gasteiger charge is -1.99. The molecule has 0 atom stereocenters. The van der Waals surface area contributed by atoms with Gasteiger partial charge in [-0.3, -0.25) is 0 Å². The number of thiophene rings is 1. The van der Waals surface area contributed by atoms with Gasteiger partial charge in [-0.1, -0.05) is 11.6 Å². The Morgan fingerprint density at radius 1 is 1.29 bits per heavy atom. The van der Waals surface area contributed by atoms with Gasteiger partial charge in [0.2, 0.25) is 0 Å². The van der Waals surface area contributed by atoms with Crippen molar-refractivity contribution in [2.75, 3.05) is 0 Å². The van der Waals surface area contributed by atoms with Crippen LogP contribution in [0.15, 0.2) is 18.2 Å². The van der Waals surface area contributed by atoms with Gasteiger partial charge < -0.3 is 0 Å². The Morgan fingerprint density at radius 2 is 2.00 bits per heavy atom. The molecule has 2 aromatic rings. The summed E-state index contributed by atoms with van der Waals surface area (Å²) in [6.07, 6.45) is -4.31. The van der Waals surface area contributed by atoms with Crippen LogP contribution >= 0.6 is 22.9 Å². The highest BCUT2D eigenvalue weighted by atomic mass is 35.5. The van der Waals surface area contributed by atoms with Crippen molar-refractivity contribution in [3.8, 4) is 0 Å². The molecule has 0 amide bonds. The van der Waals surface area contributed by atoms with Crippen molar-refractivity contribution in [2.45, 2.75) is 6.18 Å². The van der Waals surface area contributed by atoms with Crippen molar-refractivity contribution >= 4 is 33.2 Å². The van der Waals surface area contributed by atoms with Crippen LogP contribution in [-0.4, -0.2) is 4.98 Å². The molecule has 0 saturated carbocycles. The highest BCUT2D eigenvalue weighted by Crippen LogP contribution is 2.37. The summed E-state index contributed by atoms with van der Waals surface area (Å²) in [5.74, 6) is 0. The Kier molecular flexibility index (Phi) is 2.16. The molecule has 2 aromatic heterocycles. The molecule has 0 saturated heterocycles. The zero-order chi connectivity index (χ0) is 10.3. The average molecular weight is 238 g/mol. The fraction of sp³-hybridized carbons (Fsp3) is 0.125. The largest absolute Gasteiger partial charge is 0.425 e. The molecule has 74 valence electrons. The molecule has 2 rings (SSSR count). The maximum atomic E-state index is 12.3. The van der Waals surface area contributed by atoms with Crippen LogP contribution in [0.25, 0.3) is 10.2 Å². The fourth-order valence-corrected chi connectivity index (χ4v) is 2.06. The van der Waals surface area contributed by atoms with Crippen LogP contribution in [0.5, 0.6) is 0 Å². The molecule has 0 aliphatic rings. The molecular weight excluding hydrogens is 235 g/mol. The Hall–Kier alpha value is -0.810. The van der Waals surface area contributed by atoms with Crippen molar-refractivity contribution in [3.63, 3.8) is 0 Å². The Morgan fingerprint density at radius 3 is 2.64 bits per heavy atom. The van der Waals surface area contributed by atoms with Crippen LogP contribution in [-0.2, 0) is 6.18 Å². The van der Waals surface area contributed by atoms with Crippen LogP contribution in [0, 0.1) is 0 Å². The molecule has 0 aliphatic heterocycles. The van der Waals surface area contributed by atoms with Crippen LogP contribution < -0.4 is 0 Å². The maximum Gasteiger partial charge on any atom is 0.425 e. The molecule has 14 heavy (non-hydrogen) atoms. The Bertz CT molecular complexity index is 477. The lowest BCUT2D eigenvalue weighted by atomic mass is 10.4. The maximum absolute atomic E-state index is 12.3. The van der Waals surface area contributed by atoms with E-state index in [0.717, 1.165) is 6.07 Å². The average Bonchev–Trinajstić information content (AvgIpc) is 2.45. The first-order valence-corrected chi connectivity index (χ1v) is 4.79. The number of alkyl halides is 3. The minimum atomic E-state index is -4.31. The second-order valence-corrected chi connectivity index (χ2v) is 4.10. The van der Waals surface area contributed by atoms with Crippen molar-refractivity contribution in [3.05, 3.63) is 28.2 Å². The number of aromatic nitrogens is 1. The second-order valence-electron chi connectivity index (χ2n) is 2.63. The second kappa shape index (κ2) is 3.10. The van der Waals surface area contributed by atoms with E-state index in [4.69, 9.17) is 11.6 Å². The highest BCUT2D eigenvalue weighted by Gasteiger charge is 2.32. The van der Waals surface area contributed by atoms with E-state index < -0.39 is 11.1 Å². The van der Waals surface area contributed by atoms with Crippen LogP contribution in [0.4, 0.5) is 13.2 Å². The molecule has 0 aliphatic carbocycles. The predicted molar refractivity (Wildman–Crippen MR) is 49.6 cm³/mol. The van der Waals surface area contributed by atoms with Crippen molar-refractivity contribution < 1.29 is 13.2 Å². The van der Waals surface area contributed by atoms with Gasteiger partial charge in [-0.25, -0.2) is 4.98 Å². The molecule has 0 fully saturated rings. The smallest absolute Gasteiger partial charge is 0.235 e. The van der Waals surface area contributed by atoms with E-state index in [2.05, 4.69) is 4.98 Å². The topological polar surface area (TPSA) is 12.9 Å². The normalized spacial score (nSPS) is 12.3. The van der Waals surface area contributed by atoms with E-state index in [-0.39, 0.29) is 10.7 Å². The number of halogens is 4. The summed E-state index contributed by atoms with van der Waals surface area (Å²) < 4.78 is 37.3. The lowest BCUT2D eigenvalue weighted by molar-refractivity contribution is -0.134. The zero-order valence-electron chi connectivity index (χ0n) is 6.60. The first kappa shape index (κ1) is 9.73. The van der Waals surface area contributed by atoms with Crippen molar-refractivity contribution in [1.82, 2.24) is 4.98 Å². The summed E-state index contributed by atoms with van der Waals surface area (Å²) in [5, 5.41) is 0.198. The number of pyridine rings is 1. The zero-order valence-corrected chi connectivity index (χ0v) is 8.17. The van der Waals surface area contributed by atoms with E-state index in [0.29, 0.717) is 16.0 Å². The first-order chi connectivity index (χ1) is 6.47.